The van der Waals surface area contributed by atoms with Gasteiger partial charge < -0.3 is 20.3 Å². The second-order valence-corrected chi connectivity index (χ2v) is 5.47. The molecular weight excluding hydrogens is 258 g/mol. The number of nitrogens with zero attached hydrogens (tertiary/aromatic N) is 1. The summed E-state index contributed by atoms with van der Waals surface area (Å²) in [6.07, 6.45) is 2.48. The van der Waals surface area contributed by atoms with Gasteiger partial charge in [0.15, 0.2) is 0 Å². The molecule has 0 bridgehead atoms. The van der Waals surface area contributed by atoms with E-state index in [4.69, 9.17) is 4.74 Å². The van der Waals surface area contributed by atoms with Crippen LogP contribution < -0.4 is 10.6 Å². The molecular formula is C14H27N3O3. The van der Waals surface area contributed by atoms with Gasteiger partial charge in [-0.3, -0.25) is 9.59 Å². The lowest BCUT2D eigenvalue weighted by atomic mass is 9.92. The third kappa shape index (κ3) is 5.88. The van der Waals surface area contributed by atoms with Crippen molar-refractivity contribution in [2.45, 2.75) is 32.2 Å². The predicted octanol–water partition coefficient (Wildman–Crippen LogP) is -0.0144. The molecule has 0 aromatic heterocycles. The van der Waals surface area contributed by atoms with Gasteiger partial charge in [-0.15, -0.1) is 0 Å². The maximum atomic E-state index is 12.3. The normalized spacial score (nSPS) is 22.4. The number of nitrogens with one attached hydrogen (secondary N) is 2. The van der Waals surface area contributed by atoms with E-state index in [0.717, 1.165) is 25.8 Å². The van der Waals surface area contributed by atoms with Crippen LogP contribution in [0.1, 0.15) is 26.2 Å². The molecule has 6 nitrogen and oxygen atoms in total. The minimum atomic E-state index is -0.112. The second-order valence-electron chi connectivity index (χ2n) is 5.47. The topological polar surface area (TPSA) is 70.7 Å². The van der Waals surface area contributed by atoms with Crippen molar-refractivity contribution in [3.63, 3.8) is 0 Å². The summed E-state index contributed by atoms with van der Waals surface area (Å²) >= 11 is 0. The smallest absolute Gasteiger partial charge is 0.239 e. The molecule has 2 N–H and O–H groups in total. The van der Waals surface area contributed by atoms with Crippen LogP contribution in [0.4, 0.5) is 0 Å². The molecule has 0 aromatic carbocycles. The van der Waals surface area contributed by atoms with Crippen LogP contribution in [0.15, 0.2) is 0 Å². The summed E-state index contributed by atoms with van der Waals surface area (Å²) in [6.45, 7) is 4.29. The molecule has 116 valence electrons. The molecule has 1 aliphatic heterocycles. The number of piperidine rings is 1. The lowest BCUT2D eigenvalue weighted by Gasteiger charge is -2.30. The van der Waals surface area contributed by atoms with Gasteiger partial charge in [0.25, 0.3) is 0 Å². The van der Waals surface area contributed by atoms with E-state index in [2.05, 4.69) is 17.6 Å². The number of ether oxygens (including phenoxy) is 1. The molecule has 0 spiro atoms. The van der Waals surface area contributed by atoms with Crippen molar-refractivity contribution >= 4 is 11.8 Å². The Morgan fingerprint density at radius 1 is 1.45 bits per heavy atom. The number of likely N-dealkylation sites (N-methyl/N-ethyl adjacent to an activating group) is 1. The van der Waals surface area contributed by atoms with Crippen LogP contribution in [0.2, 0.25) is 0 Å². The van der Waals surface area contributed by atoms with E-state index < -0.39 is 0 Å². The molecule has 1 rings (SSSR count). The van der Waals surface area contributed by atoms with Gasteiger partial charge in [-0.25, -0.2) is 0 Å². The fourth-order valence-corrected chi connectivity index (χ4v) is 2.46. The van der Waals surface area contributed by atoms with E-state index in [-0.39, 0.29) is 24.3 Å². The molecule has 6 heteroatoms. The van der Waals surface area contributed by atoms with Crippen molar-refractivity contribution in [1.29, 1.82) is 0 Å². The molecule has 0 aromatic rings. The highest BCUT2D eigenvalue weighted by atomic mass is 16.5. The molecule has 1 fully saturated rings. The Balaban J connectivity index is 2.28. The number of methoxy groups -OCH3 is 1. The summed E-state index contributed by atoms with van der Waals surface area (Å²) in [5.74, 6) is 0.00173. The minimum absolute atomic E-state index is 0.0394. The summed E-state index contributed by atoms with van der Waals surface area (Å²) in [7, 11) is 3.33. The van der Waals surface area contributed by atoms with Crippen molar-refractivity contribution in [3.8, 4) is 0 Å². The second kappa shape index (κ2) is 8.92. The fraction of sp³-hybridized carbons (Fsp3) is 0.857. The van der Waals surface area contributed by atoms with Gasteiger partial charge in [-0.2, -0.15) is 0 Å². The molecule has 0 aliphatic carbocycles. The largest absolute Gasteiger partial charge is 0.385 e. The number of hydrogen-bond donors (Lipinski definition) is 2. The standard InChI is InChI=1S/C14H27N3O3/c1-11-9-12(5-7-15-11)14(19)17(2)10-13(18)16-6-4-8-20-3/h11-12,15H,4-10H2,1-3H3,(H,16,18). The number of rotatable bonds is 7. The third-order valence-corrected chi connectivity index (χ3v) is 3.58. The first kappa shape index (κ1) is 16.9. The van der Waals surface area contributed by atoms with Crippen LogP contribution in [0.25, 0.3) is 0 Å². The van der Waals surface area contributed by atoms with E-state index >= 15 is 0 Å². The highest BCUT2D eigenvalue weighted by molar-refractivity contribution is 5.85. The van der Waals surface area contributed by atoms with Gasteiger partial charge in [0, 0.05) is 39.3 Å². The molecule has 2 unspecified atom stereocenters. The van der Waals surface area contributed by atoms with Gasteiger partial charge in [0.1, 0.15) is 0 Å². The number of amides is 2. The molecule has 0 radical (unpaired) electrons. The SMILES string of the molecule is COCCCNC(=O)CN(C)C(=O)C1CCNC(C)C1. The van der Waals surface area contributed by atoms with Crippen LogP contribution in [0.5, 0.6) is 0 Å². The molecule has 2 atom stereocenters. The van der Waals surface area contributed by atoms with E-state index in [1.54, 1.807) is 14.2 Å². The van der Waals surface area contributed by atoms with Crippen LogP contribution in [0, 0.1) is 5.92 Å². The summed E-state index contributed by atoms with van der Waals surface area (Å²) in [4.78, 5) is 25.5. The highest BCUT2D eigenvalue weighted by Crippen LogP contribution is 2.18. The quantitative estimate of drug-likeness (QED) is 0.645. The lowest BCUT2D eigenvalue weighted by Crippen LogP contribution is -2.45. The minimum Gasteiger partial charge on any atom is -0.385 e. The van der Waals surface area contributed by atoms with Crippen molar-refractivity contribution in [2.24, 2.45) is 5.92 Å². The number of hydrogen-bond acceptors (Lipinski definition) is 4. The third-order valence-electron chi connectivity index (χ3n) is 3.58. The van der Waals surface area contributed by atoms with Crippen molar-refractivity contribution < 1.29 is 14.3 Å². The van der Waals surface area contributed by atoms with Gasteiger partial charge in [0.05, 0.1) is 6.54 Å². The molecule has 1 heterocycles. The summed E-state index contributed by atoms with van der Waals surface area (Å²) < 4.78 is 4.91. The van der Waals surface area contributed by atoms with Gasteiger partial charge in [0.2, 0.25) is 11.8 Å². The Kier molecular flexibility index (Phi) is 7.54. The molecule has 2 amide bonds. The Morgan fingerprint density at radius 2 is 2.20 bits per heavy atom. The number of carbonyl (C=O) groups excluding carboxylic acids is 2. The summed E-state index contributed by atoms with van der Waals surface area (Å²) in [5, 5.41) is 6.11. The highest BCUT2D eigenvalue weighted by Gasteiger charge is 2.27. The van der Waals surface area contributed by atoms with Crippen LogP contribution in [-0.4, -0.2) is 63.2 Å². The average molecular weight is 285 g/mol. The van der Waals surface area contributed by atoms with E-state index in [0.29, 0.717) is 19.2 Å². The predicted molar refractivity (Wildman–Crippen MR) is 77.3 cm³/mol. The van der Waals surface area contributed by atoms with E-state index in [9.17, 15) is 9.59 Å². The molecule has 0 saturated carbocycles. The Bertz CT molecular complexity index is 323. The average Bonchev–Trinajstić information content (AvgIpc) is 2.42. The van der Waals surface area contributed by atoms with Gasteiger partial charge in [-0.05, 0) is 32.7 Å². The van der Waals surface area contributed by atoms with Crippen LogP contribution >= 0.6 is 0 Å². The van der Waals surface area contributed by atoms with Gasteiger partial charge >= 0.3 is 0 Å². The number of carbonyl (C=O) groups is 2. The first-order valence-electron chi connectivity index (χ1n) is 7.28. The summed E-state index contributed by atoms with van der Waals surface area (Å²) in [6, 6.07) is 0.369. The maximum Gasteiger partial charge on any atom is 0.239 e. The van der Waals surface area contributed by atoms with Crippen molar-refractivity contribution in [1.82, 2.24) is 15.5 Å². The Labute approximate surface area is 121 Å². The van der Waals surface area contributed by atoms with E-state index in [1.807, 2.05) is 0 Å². The van der Waals surface area contributed by atoms with Crippen molar-refractivity contribution in [2.75, 3.05) is 40.4 Å². The zero-order valence-corrected chi connectivity index (χ0v) is 12.8. The molecule has 1 aliphatic rings. The first-order chi connectivity index (χ1) is 9.54. The van der Waals surface area contributed by atoms with E-state index in [1.165, 1.54) is 4.90 Å². The first-order valence-corrected chi connectivity index (χ1v) is 7.28. The monoisotopic (exact) mass is 285 g/mol. The zero-order chi connectivity index (χ0) is 15.0. The fourth-order valence-electron chi connectivity index (χ4n) is 2.46. The zero-order valence-electron chi connectivity index (χ0n) is 12.8. The van der Waals surface area contributed by atoms with Crippen molar-refractivity contribution in [3.05, 3.63) is 0 Å². The van der Waals surface area contributed by atoms with Crippen LogP contribution in [0.3, 0.4) is 0 Å². The molecule has 1 saturated heterocycles. The maximum absolute atomic E-state index is 12.3. The van der Waals surface area contributed by atoms with Crippen LogP contribution in [-0.2, 0) is 14.3 Å². The molecule has 20 heavy (non-hydrogen) atoms. The Hall–Kier alpha value is -1.14. The van der Waals surface area contributed by atoms with Gasteiger partial charge in [-0.1, -0.05) is 0 Å². The lowest BCUT2D eigenvalue weighted by molar-refractivity contribution is -0.139. The Morgan fingerprint density at radius 3 is 2.85 bits per heavy atom. The summed E-state index contributed by atoms with van der Waals surface area (Å²) in [5.41, 5.74) is 0.